The summed E-state index contributed by atoms with van der Waals surface area (Å²) in [6, 6.07) is 5.57. The summed E-state index contributed by atoms with van der Waals surface area (Å²) in [6.45, 7) is 6.76. The average molecular weight is 403 g/mol. The van der Waals surface area contributed by atoms with Gasteiger partial charge in [0.25, 0.3) is 5.91 Å². The van der Waals surface area contributed by atoms with Crippen molar-refractivity contribution in [2.75, 3.05) is 0 Å². The van der Waals surface area contributed by atoms with E-state index < -0.39 is 0 Å². The molecule has 4 rings (SSSR count). The monoisotopic (exact) mass is 402 g/mol. The quantitative estimate of drug-likeness (QED) is 0.788. The first-order valence-corrected chi connectivity index (χ1v) is 9.63. The Hall–Kier alpha value is -1.62. The number of pyridine rings is 1. The Kier molecular flexibility index (Phi) is 3.66. The van der Waals surface area contributed by atoms with Crippen LogP contribution < -0.4 is 10.7 Å². The molecule has 2 aliphatic rings. The molecule has 2 fully saturated rings. The molecule has 4 nitrogen and oxygen atoms in total. The number of amides is 1. The summed E-state index contributed by atoms with van der Waals surface area (Å²) in [5.41, 5.74) is 0.898. The summed E-state index contributed by atoms with van der Waals surface area (Å²) < 4.78 is 0.824. The van der Waals surface area contributed by atoms with E-state index >= 15 is 0 Å². The summed E-state index contributed by atoms with van der Waals surface area (Å²) in [7, 11) is 0. The van der Waals surface area contributed by atoms with Gasteiger partial charge < -0.3 is 10.3 Å². The molecule has 0 aliphatic heterocycles. The fraction of sp³-hybridized carbons (Fsp3) is 0.500. The van der Waals surface area contributed by atoms with Crippen LogP contribution in [-0.2, 0) is 0 Å². The second-order valence-corrected chi connectivity index (χ2v) is 9.46. The number of H-pyrrole nitrogens is 1. The zero-order valence-corrected chi connectivity index (χ0v) is 16.4. The van der Waals surface area contributed by atoms with E-state index in [1.54, 1.807) is 6.07 Å². The third-order valence-electron chi connectivity index (χ3n) is 6.63. The predicted octanol–water partition coefficient (Wildman–Crippen LogP) is 4.24. The molecule has 2 aliphatic carbocycles. The van der Waals surface area contributed by atoms with E-state index in [1.165, 1.54) is 12.6 Å². The fourth-order valence-corrected chi connectivity index (χ4v) is 5.59. The van der Waals surface area contributed by atoms with Crippen LogP contribution in [0, 0.1) is 16.7 Å². The minimum atomic E-state index is -0.269. The lowest BCUT2D eigenvalue weighted by Gasteiger charge is -2.43. The first-order valence-electron chi connectivity index (χ1n) is 8.84. The van der Waals surface area contributed by atoms with Crippen LogP contribution in [0.3, 0.4) is 0 Å². The minimum Gasteiger partial charge on any atom is -0.360 e. The van der Waals surface area contributed by atoms with E-state index in [4.69, 9.17) is 0 Å². The number of aromatic amines is 1. The number of rotatable bonds is 2. The predicted molar refractivity (Wildman–Crippen MR) is 103 cm³/mol. The lowest BCUT2D eigenvalue weighted by Crippen LogP contribution is -2.53. The van der Waals surface area contributed by atoms with Crippen molar-refractivity contribution in [2.24, 2.45) is 16.7 Å². The SMILES string of the molecule is CC1(C)C(NC(=O)c2c[nH]c3ccc(Br)cc3c2=O)[C@]2(C)CC[C@H]1C2. The molecule has 0 radical (unpaired) electrons. The molecule has 0 saturated heterocycles. The lowest BCUT2D eigenvalue weighted by molar-refractivity contribution is 0.0736. The summed E-state index contributed by atoms with van der Waals surface area (Å²) in [6.07, 6.45) is 5.08. The normalized spacial score (nSPS) is 29.9. The van der Waals surface area contributed by atoms with Gasteiger partial charge in [0.05, 0.1) is 0 Å². The second kappa shape index (κ2) is 5.44. The summed E-state index contributed by atoms with van der Waals surface area (Å²) in [5.74, 6) is 0.378. The number of hydrogen-bond acceptors (Lipinski definition) is 2. The largest absolute Gasteiger partial charge is 0.360 e. The van der Waals surface area contributed by atoms with Crippen molar-refractivity contribution in [1.29, 1.82) is 0 Å². The Labute approximate surface area is 155 Å². The van der Waals surface area contributed by atoms with E-state index in [9.17, 15) is 9.59 Å². The molecule has 25 heavy (non-hydrogen) atoms. The highest BCUT2D eigenvalue weighted by Gasteiger charge is 2.59. The van der Waals surface area contributed by atoms with Gasteiger partial charge in [0.1, 0.15) is 5.56 Å². The van der Waals surface area contributed by atoms with Crippen LogP contribution in [0.5, 0.6) is 0 Å². The zero-order chi connectivity index (χ0) is 18.0. The molecule has 132 valence electrons. The number of carbonyl (C=O) groups excluding carboxylic acids is 1. The van der Waals surface area contributed by atoms with E-state index in [-0.39, 0.29) is 33.8 Å². The van der Waals surface area contributed by atoms with Crippen molar-refractivity contribution in [3.8, 4) is 0 Å². The molecule has 1 unspecified atom stereocenters. The Balaban J connectivity index is 1.69. The van der Waals surface area contributed by atoms with Crippen molar-refractivity contribution >= 4 is 32.7 Å². The van der Waals surface area contributed by atoms with Crippen LogP contribution in [-0.4, -0.2) is 16.9 Å². The number of hydrogen-bond donors (Lipinski definition) is 2. The van der Waals surface area contributed by atoms with Gasteiger partial charge in [-0.25, -0.2) is 0 Å². The summed E-state index contributed by atoms with van der Waals surface area (Å²) in [5, 5.41) is 3.74. The molecule has 1 aromatic carbocycles. The van der Waals surface area contributed by atoms with Crippen molar-refractivity contribution in [3.05, 3.63) is 44.7 Å². The van der Waals surface area contributed by atoms with E-state index in [1.807, 2.05) is 12.1 Å². The third kappa shape index (κ3) is 2.47. The maximum atomic E-state index is 12.9. The Morgan fingerprint density at radius 2 is 2.08 bits per heavy atom. The number of halogens is 1. The van der Waals surface area contributed by atoms with Crippen LogP contribution in [0.25, 0.3) is 10.9 Å². The molecule has 3 atom stereocenters. The van der Waals surface area contributed by atoms with E-state index in [2.05, 4.69) is 47.0 Å². The highest BCUT2D eigenvalue weighted by molar-refractivity contribution is 9.10. The molecular formula is C20H23BrN2O2. The van der Waals surface area contributed by atoms with Crippen LogP contribution in [0.4, 0.5) is 0 Å². The molecule has 1 aromatic heterocycles. The van der Waals surface area contributed by atoms with Crippen LogP contribution in [0.15, 0.2) is 33.7 Å². The fourth-order valence-electron chi connectivity index (χ4n) is 5.23. The molecule has 2 bridgehead atoms. The molecule has 2 saturated carbocycles. The van der Waals surface area contributed by atoms with Gasteiger partial charge in [0, 0.05) is 27.6 Å². The molecule has 5 heteroatoms. The van der Waals surface area contributed by atoms with Gasteiger partial charge in [-0.05, 0) is 54.2 Å². The Morgan fingerprint density at radius 3 is 2.76 bits per heavy atom. The number of aromatic nitrogens is 1. The van der Waals surface area contributed by atoms with Crippen molar-refractivity contribution < 1.29 is 4.79 Å². The highest BCUT2D eigenvalue weighted by atomic mass is 79.9. The smallest absolute Gasteiger partial charge is 0.257 e. The van der Waals surface area contributed by atoms with Crippen LogP contribution in [0.2, 0.25) is 0 Å². The van der Waals surface area contributed by atoms with Gasteiger partial charge in [-0.2, -0.15) is 0 Å². The van der Waals surface area contributed by atoms with Gasteiger partial charge in [-0.1, -0.05) is 36.7 Å². The van der Waals surface area contributed by atoms with Gasteiger partial charge in [0.15, 0.2) is 0 Å². The zero-order valence-electron chi connectivity index (χ0n) is 14.8. The average Bonchev–Trinajstić information content (AvgIpc) is 3.03. The Morgan fingerprint density at radius 1 is 1.32 bits per heavy atom. The second-order valence-electron chi connectivity index (χ2n) is 8.54. The number of benzene rings is 1. The summed E-state index contributed by atoms with van der Waals surface area (Å²) in [4.78, 5) is 28.8. The number of fused-ring (bicyclic) bond motifs is 3. The number of nitrogens with one attached hydrogen (secondary N) is 2. The van der Waals surface area contributed by atoms with Gasteiger partial charge in [-0.15, -0.1) is 0 Å². The molecule has 1 amide bonds. The van der Waals surface area contributed by atoms with Crippen molar-refractivity contribution in [1.82, 2.24) is 10.3 Å². The topological polar surface area (TPSA) is 62.0 Å². The minimum absolute atomic E-state index is 0.0648. The Bertz CT molecular complexity index is 928. The first kappa shape index (κ1) is 16.8. The van der Waals surface area contributed by atoms with Crippen molar-refractivity contribution in [3.63, 3.8) is 0 Å². The van der Waals surface area contributed by atoms with Gasteiger partial charge in [0.2, 0.25) is 5.43 Å². The van der Waals surface area contributed by atoms with Crippen molar-refractivity contribution in [2.45, 2.75) is 46.1 Å². The maximum Gasteiger partial charge on any atom is 0.257 e. The van der Waals surface area contributed by atoms with Crippen LogP contribution in [0.1, 0.15) is 50.4 Å². The maximum absolute atomic E-state index is 12.9. The van der Waals surface area contributed by atoms with Crippen LogP contribution >= 0.6 is 15.9 Å². The third-order valence-corrected chi connectivity index (χ3v) is 7.13. The standard InChI is InChI=1S/C20H23BrN2O2/c1-19(2)11-6-7-20(3,9-11)18(19)23-17(25)14-10-22-15-5-4-12(21)8-13(15)16(14)24/h4-5,8,10-11,18H,6-7,9H2,1-3H3,(H,22,24)(H,23,25)/t11-,18?,20+/m0/s1. The van der Waals surface area contributed by atoms with E-state index in [0.29, 0.717) is 11.3 Å². The molecular weight excluding hydrogens is 380 g/mol. The molecule has 1 heterocycles. The highest BCUT2D eigenvalue weighted by Crippen LogP contribution is 2.62. The van der Waals surface area contributed by atoms with Gasteiger partial charge >= 0.3 is 0 Å². The van der Waals surface area contributed by atoms with Gasteiger partial charge in [-0.3, -0.25) is 9.59 Å². The molecule has 2 N–H and O–H groups in total. The first-order chi connectivity index (χ1) is 11.7. The summed E-state index contributed by atoms with van der Waals surface area (Å²) >= 11 is 3.39. The molecule has 0 spiro atoms. The lowest BCUT2D eigenvalue weighted by atomic mass is 9.68. The molecule has 2 aromatic rings. The number of carbonyl (C=O) groups is 1. The van der Waals surface area contributed by atoms with E-state index in [0.717, 1.165) is 22.8 Å².